The first-order valence-corrected chi connectivity index (χ1v) is 9.09. The van der Waals surface area contributed by atoms with Gasteiger partial charge in [0.2, 0.25) is 5.95 Å². The van der Waals surface area contributed by atoms with E-state index in [-0.39, 0.29) is 24.8 Å². The summed E-state index contributed by atoms with van der Waals surface area (Å²) in [5.41, 5.74) is 9.12. The Morgan fingerprint density at radius 2 is 1.93 bits per heavy atom. The van der Waals surface area contributed by atoms with Crippen LogP contribution in [0, 0.1) is 0 Å². The predicted molar refractivity (Wildman–Crippen MR) is 119 cm³/mol. The molecule has 0 aliphatic heterocycles. The molecule has 0 saturated heterocycles. The monoisotopic (exact) mass is 436 g/mol. The Kier molecular flexibility index (Phi) is 7.78. The van der Waals surface area contributed by atoms with E-state index in [9.17, 15) is 0 Å². The van der Waals surface area contributed by atoms with Crippen molar-refractivity contribution in [3.05, 3.63) is 54.2 Å². The maximum absolute atomic E-state index is 5.96. The minimum Gasteiger partial charge on any atom is -0.366 e. The van der Waals surface area contributed by atoms with Crippen molar-refractivity contribution in [1.29, 1.82) is 0 Å². The van der Waals surface area contributed by atoms with Gasteiger partial charge in [0.15, 0.2) is 0 Å². The zero-order valence-electron chi connectivity index (χ0n) is 16.4. The molecule has 2 aromatic heterocycles. The Morgan fingerprint density at radius 1 is 1.17 bits per heavy atom. The Bertz CT molecular complexity index is 910. The molecule has 1 saturated carbocycles. The van der Waals surface area contributed by atoms with Crippen molar-refractivity contribution in [3.63, 3.8) is 0 Å². The summed E-state index contributed by atoms with van der Waals surface area (Å²) in [5.74, 6) is 1.95. The van der Waals surface area contributed by atoms with Crippen LogP contribution < -0.4 is 16.0 Å². The minimum absolute atomic E-state index is 0. The highest BCUT2D eigenvalue weighted by molar-refractivity contribution is 5.85. The zero-order valence-corrected chi connectivity index (χ0v) is 18.0. The van der Waals surface area contributed by atoms with Crippen molar-refractivity contribution < 1.29 is 0 Å². The molecule has 1 aromatic carbocycles. The lowest BCUT2D eigenvalue weighted by molar-refractivity contribution is 0.345. The van der Waals surface area contributed by atoms with Gasteiger partial charge < -0.3 is 16.0 Å². The largest absolute Gasteiger partial charge is 0.366 e. The predicted octanol–water partition coefficient (Wildman–Crippen LogP) is 2.78. The van der Waals surface area contributed by atoms with Gasteiger partial charge in [0.25, 0.3) is 0 Å². The summed E-state index contributed by atoms with van der Waals surface area (Å²) in [6, 6.07) is 10.4. The number of nitrogens with one attached hydrogen (secondary N) is 1. The van der Waals surface area contributed by atoms with Crippen molar-refractivity contribution in [2.75, 3.05) is 24.3 Å². The lowest BCUT2D eigenvalue weighted by Crippen LogP contribution is -2.35. The van der Waals surface area contributed by atoms with Gasteiger partial charge in [-0.15, -0.1) is 24.8 Å². The molecule has 156 valence electrons. The molecule has 0 atom stereocenters. The van der Waals surface area contributed by atoms with E-state index in [4.69, 9.17) is 10.7 Å². The first-order chi connectivity index (χ1) is 13.1. The summed E-state index contributed by atoms with van der Waals surface area (Å²) in [6.07, 6.45) is 5.20. The van der Waals surface area contributed by atoms with Gasteiger partial charge in [0.1, 0.15) is 18.5 Å². The van der Waals surface area contributed by atoms with Crippen LogP contribution in [0.5, 0.6) is 0 Å². The number of anilines is 2. The third-order valence-corrected chi connectivity index (χ3v) is 4.84. The molecule has 0 spiro atoms. The molecular weight excluding hydrogens is 411 g/mol. The smallest absolute Gasteiger partial charge is 0.227 e. The fraction of sp³-hybridized carbons (Fsp3) is 0.368. The lowest BCUT2D eigenvalue weighted by Gasteiger charge is -2.32. The van der Waals surface area contributed by atoms with Crippen molar-refractivity contribution in [2.24, 2.45) is 5.73 Å². The summed E-state index contributed by atoms with van der Waals surface area (Å²) < 4.78 is 1.77. The van der Waals surface area contributed by atoms with Crippen LogP contribution in [-0.4, -0.2) is 44.9 Å². The molecule has 0 unspecified atom stereocenters. The Hall–Kier alpha value is -2.42. The van der Waals surface area contributed by atoms with E-state index in [0.29, 0.717) is 24.5 Å². The van der Waals surface area contributed by atoms with Gasteiger partial charge in [0, 0.05) is 38.7 Å². The highest BCUT2D eigenvalue weighted by Crippen LogP contribution is 2.35. The highest BCUT2D eigenvalue weighted by Gasteiger charge is 2.29. The first-order valence-electron chi connectivity index (χ1n) is 9.09. The quantitative estimate of drug-likeness (QED) is 0.612. The number of benzene rings is 1. The van der Waals surface area contributed by atoms with Crippen molar-refractivity contribution in [2.45, 2.75) is 31.3 Å². The maximum atomic E-state index is 5.96. The molecule has 8 nitrogen and oxygen atoms in total. The van der Waals surface area contributed by atoms with Gasteiger partial charge in [-0.25, -0.2) is 14.6 Å². The molecular formula is C19H26Cl2N8. The molecule has 29 heavy (non-hydrogen) atoms. The van der Waals surface area contributed by atoms with Gasteiger partial charge in [-0.3, -0.25) is 0 Å². The summed E-state index contributed by atoms with van der Waals surface area (Å²) in [4.78, 5) is 15.3. The summed E-state index contributed by atoms with van der Waals surface area (Å²) in [7, 11) is 3.91. The SMILES string of the molecule is CN(C)c1nc(NCc2ccccc2-n2cncn2)cc(C2CC(N)C2)n1.Cl.Cl. The van der Waals surface area contributed by atoms with Crippen LogP contribution in [0.1, 0.15) is 30.0 Å². The normalized spacial score (nSPS) is 17.5. The molecule has 0 amide bonds. The molecule has 0 bridgehead atoms. The van der Waals surface area contributed by atoms with E-state index < -0.39 is 0 Å². The fourth-order valence-electron chi connectivity index (χ4n) is 3.26. The Balaban J connectivity index is 0.00000150. The third kappa shape index (κ3) is 5.14. The highest BCUT2D eigenvalue weighted by atomic mass is 35.5. The lowest BCUT2D eigenvalue weighted by atomic mass is 9.78. The van der Waals surface area contributed by atoms with E-state index in [1.165, 1.54) is 6.33 Å². The average molecular weight is 437 g/mol. The molecule has 1 aliphatic rings. The first kappa shape index (κ1) is 22.9. The second-order valence-corrected chi connectivity index (χ2v) is 7.12. The molecule has 2 heterocycles. The van der Waals surface area contributed by atoms with E-state index in [2.05, 4.69) is 26.4 Å². The molecule has 4 rings (SSSR count). The number of nitrogens with zero attached hydrogens (tertiary/aromatic N) is 6. The number of aromatic nitrogens is 5. The van der Waals surface area contributed by atoms with Gasteiger partial charge in [-0.2, -0.15) is 10.1 Å². The van der Waals surface area contributed by atoms with Gasteiger partial charge in [-0.1, -0.05) is 18.2 Å². The zero-order chi connectivity index (χ0) is 18.8. The van der Waals surface area contributed by atoms with E-state index in [1.807, 2.05) is 43.3 Å². The molecule has 1 aliphatic carbocycles. The fourth-order valence-corrected chi connectivity index (χ4v) is 3.26. The van der Waals surface area contributed by atoms with Crippen LogP contribution in [0.2, 0.25) is 0 Å². The number of para-hydroxylation sites is 1. The van der Waals surface area contributed by atoms with Gasteiger partial charge in [-0.05, 0) is 24.5 Å². The van der Waals surface area contributed by atoms with Crippen LogP contribution in [-0.2, 0) is 6.54 Å². The van der Waals surface area contributed by atoms with Crippen molar-refractivity contribution >= 4 is 36.6 Å². The van der Waals surface area contributed by atoms with Gasteiger partial charge >= 0.3 is 0 Å². The summed E-state index contributed by atoms with van der Waals surface area (Å²) >= 11 is 0. The third-order valence-electron chi connectivity index (χ3n) is 4.84. The molecule has 3 N–H and O–H groups in total. The van der Waals surface area contributed by atoms with Crippen LogP contribution in [0.25, 0.3) is 5.69 Å². The summed E-state index contributed by atoms with van der Waals surface area (Å²) in [5, 5.41) is 7.68. The van der Waals surface area contributed by atoms with Crippen LogP contribution in [0.3, 0.4) is 0 Å². The van der Waals surface area contributed by atoms with Crippen molar-refractivity contribution in [1.82, 2.24) is 24.7 Å². The standard InChI is InChI=1S/C19H24N8.2ClH/c1-26(2)19-24-16(14-7-15(20)8-14)9-18(25-19)22-10-13-5-3-4-6-17(13)27-12-21-11-23-27;;/h3-6,9,11-12,14-15H,7-8,10,20H2,1-2H3,(H,22,24,25);2*1H. The molecule has 3 aromatic rings. The van der Waals surface area contributed by atoms with E-state index in [1.54, 1.807) is 11.0 Å². The summed E-state index contributed by atoms with van der Waals surface area (Å²) in [6.45, 7) is 0.629. The Labute approximate surface area is 182 Å². The number of rotatable bonds is 6. The second-order valence-electron chi connectivity index (χ2n) is 7.12. The van der Waals surface area contributed by atoms with E-state index in [0.717, 1.165) is 35.6 Å². The molecule has 10 heteroatoms. The second kappa shape index (κ2) is 9.87. The van der Waals surface area contributed by atoms with Gasteiger partial charge in [0.05, 0.1) is 11.4 Å². The van der Waals surface area contributed by atoms with Crippen LogP contribution in [0.15, 0.2) is 43.0 Å². The topological polar surface area (TPSA) is 97.8 Å². The molecule has 1 fully saturated rings. The minimum atomic E-state index is 0. The number of hydrogen-bond donors (Lipinski definition) is 2. The van der Waals surface area contributed by atoms with Crippen LogP contribution in [0.4, 0.5) is 11.8 Å². The van der Waals surface area contributed by atoms with Crippen LogP contribution >= 0.6 is 24.8 Å². The van der Waals surface area contributed by atoms with Crippen molar-refractivity contribution in [3.8, 4) is 5.69 Å². The van der Waals surface area contributed by atoms with E-state index >= 15 is 0 Å². The molecule has 0 radical (unpaired) electrons. The number of nitrogens with two attached hydrogens (primary N) is 1. The average Bonchev–Trinajstić information content (AvgIpc) is 3.18. The number of hydrogen-bond acceptors (Lipinski definition) is 7. The maximum Gasteiger partial charge on any atom is 0.227 e. The number of halogens is 2. The Morgan fingerprint density at radius 3 is 2.59 bits per heavy atom.